The molecule has 0 aliphatic carbocycles. The topological polar surface area (TPSA) is 180 Å². The molecule has 0 heterocycles. The lowest BCUT2D eigenvalue weighted by Crippen LogP contribution is -2.50. The van der Waals surface area contributed by atoms with Crippen LogP contribution in [0.15, 0.2) is 24.3 Å². The van der Waals surface area contributed by atoms with E-state index in [-0.39, 0.29) is 24.9 Å². The van der Waals surface area contributed by atoms with E-state index in [2.05, 4.69) is 10.6 Å². The van der Waals surface area contributed by atoms with E-state index in [4.69, 9.17) is 14.2 Å². The molecule has 0 spiro atoms. The minimum atomic E-state index is -1.36. The number of hydrogen-bond donors (Lipinski definition) is 2. The second kappa shape index (κ2) is 16.2. The first-order valence-electron chi connectivity index (χ1n) is 14.5. The highest BCUT2D eigenvalue weighted by atomic mass is 16.6. The van der Waals surface area contributed by atoms with Gasteiger partial charge in [0.25, 0.3) is 5.69 Å². The van der Waals surface area contributed by atoms with Gasteiger partial charge in [0.15, 0.2) is 0 Å². The average Bonchev–Trinajstić information content (AvgIpc) is 2.83. The molecule has 0 aliphatic heterocycles. The zero-order valence-corrected chi connectivity index (χ0v) is 27.2. The minimum Gasteiger partial charge on any atom is -0.460 e. The lowest BCUT2D eigenvalue weighted by Gasteiger charge is -2.26. The number of carbonyl (C=O) groups is 5. The van der Waals surface area contributed by atoms with Gasteiger partial charge in [-0.3, -0.25) is 24.5 Å². The highest BCUT2D eigenvalue weighted by Crippen LogP contribution is 2.16. The van der Waals surface area contributed by atoms with E-state index in [1.807, 2.05) is 0 Å². The van der Waals surface area contributed by atoms with E-state index < -0.39 is 70.0 Å². The largest absolute Gasteiger partial charge is 0.460 e. The van der Waals surface area contributed by atoms with Gasteiger partial charge in [0.2, 0.25) is 11.8 Å². The molecule has 0 saturated heterocycles. The molecule has 2 amide bonds. The van der Waals surface area contributed by atoms with Gasteiger partial charge in [0.1, 0.15) is 28.9 Å². The third-order valence-electron chi connectivity index (χ3n) is 5.52. The number of benzene rings is 1. The van der Waals surface area contributed by atoms with Gasteiger partial charge < -0.3 is 24.8 Å². The molecule has 0 fully saturated rings. The molecule has 1 rings (SSSR count). The van der Waals surface area contributed by atoms with E-state index in [1.54, 1.807) is 74.4 Å². The zero-order chi connectivity index (χ0) is 33.9. The number of aryl methyl sites for hydroxylation is 1. The Morgan fingerprint density at radius 2 is 1.20 bits per heavy atom. The monoisotopic (exact) mass is 621 g/mol. The highest BCUT2D eigenvalue weighted by Gasteiger charge is 2.32. The van der Waals surface area contributed by atoms with Crippen molar-refractivity contribution in [1.29, 1.82) is 0 Å². The Kier molecular flexibility index (Phi) is 14.0. The van der Waals surface area contributed by atoms with Crippen molar-refractivity contribution in [3.8, 4) is 0 Å². The number of carbonyl (C=O) groups excluding carboxylic acids is 5. The molecule has 2 N–H and O–H groups in total. The molecular weight excluding hydrogens is 574 g/mol. The summed E-state index contributed by atoms with van der Waals surface area (Å²) in [6.07, 6.45) is 0.0215. The van der Waals surface area contributed by atoms with Gasteiger partial charge >= 0.3 is 17.9 Å². The van der Waals surface area contributed by atoms with Gasteiger partial charge in [-0.2, -0.15) is 0 Å². The molecule has 0 aliphatic rings. The first kappa shape index (κ1) is 38.0. The summed E-state index contributed by atoms with van der Waals surface area (Å²) >= 11 is 0. The van der Waals surface area contributed by atoms with E-state index >= 15 is 0 Å². The molecule has 0 saturated carbocycles. The average molecular weight is 622 g/mol. The Bertz CT molecular complexity index is 1180. The Morgan fingerprint density at radius 3 is 1.68 bits per heavy atom. The summed E-state index contributed by atoms with van der Waals surface area (Å²) in [6.45, 7) is 15.0. The fourth-order valence-corrected chi connectivity index (χ4v) is 3.79. The maximum atomic E-state index is 13.1. The van der Waals surface area contributed by atoms with Gasteiger partial charge in [0.05, 0.1) is 11.3 Å². The molecule has 246 valence electrons. The number of rotatable bonds is 14. The third-order valence-corrected chi connectivity index (χ3v) is 5.52. The van der Waals surface area contributed by atoms with Crippen molar-refractivity contribution in [2.75, 3.05) is 0 Å². The van der Waals surface area contributed by atoms with Gasteiger partial charge in [0, 0.05) is 25.0 Å². The summed E-state index contributed by atoms with van der Waals surface area (Å²) in [5, 5.41) is 15.9. The van der Waals surface area contributed by atoms with Crippen LogP contribution in [0.4, 0.5) is 5.69 Å². The van der Waals surface area contributed by atoms with Crippen molar-refractivity contribution < 1.29 is 43.1 Å². The van der Waals surface area contributed by atoms with Crippen LogP contribution in [0.3, 0.4) is 0 Å². The summed E-state index contributed by atoms with van der Waals surface area (Å²) in [4.78, 5) is 74.3. The van der Waals surface area contributed by atoms with Crippen LogP contribution in [0.25, 0.3) is 0 Å². The van der Waals surface area contributed by atoms with Crippen LogP contribution in [-0.2, 0) is 44.6 Å². The number of nitrogens with one attached hydrogen (secondary N) is 2. The van der Waals surface area contributed by atoms with Crippen molar-refractivity contribution in [2.45, 2.75) is 130 Å². The van der Waals surface area contributed by atoms with Crippen molar-refractivity contribution in [3.05, 3.63) is 39.9 Å². The first-order valence-corrected chi connectivity index (χ1v) is 14.5. The summed E-state index contributed by atoms with van der Waals surface area (Å²) in [5.74, 6) is -3.42. The summed E-state index contributed by atoms with van der Waals surface area (Å²) < 4.78 is 16.1. The quantitative estimate of drug-likeness (QED) is 0.133. The van der Waals surface area contributed by atoms with Crippen LogP contribution >= 0.6 is 0 Å². The molecule has 0 unspecified atom stereocenters. The zero-order valence-electron chi connectivity index (χ0n) is 27.2. The molecule has 1 aromatic rings. The van der Waals surface area contributed by atoms with Gasteiger partial charge in [-0.1, -0.05) is 12.1 Å². The van der Waals surface area contributed by atoms with Crippen LogP contribution < -0.4 is 10.6 Å². The molecular formula is C31H47N3O10. The second-order valence-corrected chi connectivity index (χ2v) is 13.4. The highest BCUT2D eigenvalue weighted by molar-refractivity contribution is 5.91. The molecule has 44 heavy (non-hydrogen) atoms. The molecule has 13 nitrogen and oxygen atoms in total. The normalized spacial score (nSPS) is 13.2. The predicted octanol–water partition coefficient (Wildman–Crippen LogP) is 4.08. The standard InChI is InChI=1S/C31H47N3O10/c1-29(2,3)42-26(37)18-17-22(27(38)43-30(4,5)6)32-25(36)19-23(28(39)44-31(7,8)9)33-24(35)12-10-11-20-13-15-21(16-14-20)34(40)41/h13-16,22-23H,10-12,17-19H2,1-9H3,(H,32,36)(H,33,35)/t22-,23-/m0/s1. The first-order chi connectivity index (χ1) is 20.0. The van der Waals surface area contributed by atoms with Gasteiger partial charge in [-0.15, -0.1) is 0 Å². The maximum Gasteiger partial charge on any atom is 0.329 e. The Hall–Kier alpha value is -4.03. The van der Waals surface area contributed by atoms with Crippen molar-refractivity contribution in [3.63, 3.8) is 0 Å². The van der Waals surface area contributed by atoms with Crippen molar-refractivity contribution >= 4 is 35.4 Å². The molecule has 0 aromatic heterocycles. The molecule has 2 atom stereocenters. The Balaban J connectivity index is 2.95. The van der Waals surface area contributed by atoms with E-state index in [0.717, 1.165) is 5.56 Å². The number of amides is 2. The molecule has 0 bridgehead atoms. The lowest BCUT2D eigenvalue weighted by molar-refractivity contribution is -0.384. The summed E-state index contributed by atoms with van der Waals surface area (Å²) in [5.41, 5.74) is -1.75. The number of nitro groups is 1. The van der Waals surface area contributed by atoms with Crippen molar-refractivity contribution in [1.82, 2.24) is 10.6 Å². The van der Waals surface area contributed by atoms with Crippen LogP contribution in [-0.4, -0.2) is 63.5 Å². The number of ether oxygens (including phenoxy) is 3. The summed E-state index contributed by atoms with van der Waals surface area (Å²) in [6, 6.07) is 3.40. The molecule has 1 aromatic carbocycles. The van der Waals surface area contributed by atoms with Crippen LogP contribution in [0, 0.1) is 10.1 Å². The predicted molar refractivity (Wildman–Crippen MR) is 161 cm³/mol. The number of nitro benzene ring substituents is 1. The van der Waals surface area contributed by atoms with Gasteiger partial charge in [-0.05, 0) is 87.1 Å². The third kappa shape index (κ3) is 16.6. The number of nitrogens with zero attached hydrogens (tertiary/aromatic N) is 1. The number of esters is 3. The maximum absolute atomic E-state index is 13.1. The fourth-order valence-electron chi connectivity index (χ4n) is 3.79. The fraction of sp³-hybridized carbons (Fsp3) is 0.645. The minimum absolute atomic E-state index is 0.00826. The number of hydrogen-bond acceptors (Lipinski definition) is 10. The van der Waals surface area contributed by atoms with Crippen LogP contribution in [0.1, 0.15) is 100.0 Å². The van der Waals surface area contributed by atoms with Gasteiger partial charge in [-0.25, -0.2) is 9.59 Å². The SMILES string of the molecule is CC(C)(C)OC(=O)CC[C@H](NC(=O)C[C@H](NC(=O)CCCc1ccc([N+](=O)[O-])cc1)C(=O)OC(C)(C)C)C(=O)OC(C)(C)C. The van der Waals surface area contributed by atoms with Crippen LogP contribution in [0.5, 0.6) is 0 Å². The Morgan fingerprint density at radius 1 is 0.727 bits per heavy atom. The Labute approximate surface area is 258 Å². The number of non-ortho nitro benzene ring substituents is 1. The lowest BCUT2D eigenvalue weighted by atomic mass is 10.1. The van der Waals surface area contributed by atoms with E-state index in [0.29, 0.717) is 12.8 Å². The molecule has 13 heteroatoms. The molecule has 0 radical (unpaired) electrons. The van der Waals surface area contributed by atoms with E-state index in [9.17, 15) is 34.1 Å². The van der Waals surface area contributed by atoms with E-state index in [1.165, 1.54) is 12.1 Å². The van der Waals surface area contributed by atoms with Crippen molar-refractivity contribution in [2.24, 2.45) is 0 Å². The van der Waals surface area contributed by atoms with Crippen LogP contribution in [0.2, 0.25) is 0 Å². The second-order valence-electron chi connectivity index (χ2n) is 13.4. The summed E-state index contributed by atoms with van der Waals surface area (Å²) in [7, 11) is 0. The smallest absolute Gasteiger partial charge is 0.329 e.